The Morgan fingerprint density at radius 3 is 2.58 bits per heavy atom. The summed E-state index contributed by atoms with van der Waals surface area (Å²) in [5.41, 5.74) is 3.59. The van der Waals surface area contributed by atoms with Gasteiger partial charge in [0.1, 0.15) is 0 Å². The third kappa shape index (κ3) is 2.19. The van der Waals surface area contributed by atoms with E-state index in [1.807, 2.05) is 0 Å². The summed E-state index contributed by atoms with van der Waals surface area (Å²) in [7, 11) is 4.29. The first-order valence-corrected chi connectivity index (χ1v) is 6.82. The van der Waals surface area contributed by atoms with Crippen molar-refractivity contribution in [2.45, 2.75) is 44.1 Å². The largest absolute Gasteiger partial charge is 0.504 e. The first kappa shape index (κ1) is 14.5. The van der Waals surface area contributed by atoms with E-state index in [1.165, 1.54) is 17.5 Å². The molecular weight excluding hydrogens is 262 g/mol. The van der Waals surface area contributed by atoms with Crippen LogP contribution in [0.5, 0.6) is 11.5 Å². The molecule has 2 N–H and O–H groups in total. The lowest BCUT2D eigenvalue weighted by Gasteiger charge is -2.41. The van der Waals surface area contributed by atoms with E-state index in [1.54, 1.807) is 6.07 Å². The molecule has 0 saturated carbocycles. The second-order valence-corrected chi connectivity index (χ2v) is 5.86. The normalized spacial score (nSPS) is 24.8. The highest BCUT2D eigenvalue weighted by atomic mass is 35.5. The van der Waals surface area contributed by atoms with Gasteiger partial charge in [-0.3, -0.25) is 0 Å². The minimum absolute atomic E-state index is 0. The fourth-order valence-electron chi connectivity index (χ4n) is 3.86. The van der Waals surface area contributed by atoms with Gasteiger partial charge in [-0.25, -0.2) is 0 Å². The number of phenols is 2. The van der Waals surface area contributed by atoms with Crippen molar-refractivity contribution in [1.29, 1.82) is 0 Å². The minimum Gasteiger partial charge on any atom is -0.504 e. The number of rotatable bonds is 1. The van der Waals surface area contributed by atoms with Gasteiger partial charge in [0.15, 0.2) is 11.5 Å². The Labute approximate surface area is 120 Å². The maximum absolute atomic E-state index is 10.1. The van der Waals surface area contributed by atoms with Crippen LogP contribution in [0.2, 0.25) is 0 Å². The van der Waals surface area contributed by atoms with E-state index >= 15 is 0 Å². The van der Waals surface area contributed by atoms with Gasteiger partial charge in [0.25, 0.3) is 0 Å². The van der Waals surface area contributed by atoms with Crippen LogP contribution in [0.3, 0.4) is 0 Å². The third-order valence-electron chi connectivity index (χ3n) is 4.66. The Kier molecular flexibility index (Phi) is 3.98. The van der Waals surface area contributed by atoms with Crippen molar-refractivity contribution < 1.29 is 10.2 Å². The SMILES string of the molecule is CN(C)C1CCc2cc(O)c(O)c3c2C1CCC3.Cl. The molecule has 0 saturated heterocycles. The first-order chi connectivity index (χ1) is 8.59. The summed E-state index contributed by atoms with van der Waals surface area (Å²) >= 11 is 0. The van der Waals surface area contributed by atoms with E-state index in [9.17, 15) is 10.2 Å². The fraction of sp³-hybridized carbons (Fsp3) is 0.600. The fourth-order valence-corrected chi connectivity index (χ4v) is 3.86. The van der Waals surface area contributed by atoms with Crippen molar-refractivity contribution in [2.24, 2.45) is 0 Å². The molecule has 3 nitrogen and oxygen atoms in total. The lowest BCUT2D eigenvalue weighted by molar-refractivity contribution is 0.213. The van der Waals surface area contributed by atoms with Crippen LogP contribution in [0, 0.1) is 0 Å². The van der Waals surface area contributed by atoms with Gasteiger partial charge in [-0.15, -0.1) is 12.4 Å². The predicted molar refractivity (Wildman–Crippen MR) is 78.5 cm³/mol. The van der Waals surface area contributed by atoms with E-state index < -0.39 is 0 Å². The molecule has 0 aliphatic heterocycles. The van der Waals surface area contributed by atoms with Crippen LogP contribution in [0.15, 0.2) is 6.07 Å². The Balaban J connectivity index is 0.00000133. The van der Waals surface area contributed by atoms with Crippen LogP contribution in [0.4, 0.5) is 0 Å². The second-order valence-electron chi connectivity index (χ2n) is 5.86. The number of likely N-dealkylation sites (N-methyl/N-ethyl adjacent to an activating group) is 1. The molecule has 0 heterocycles. The molecule has 1 aromatic rings. The highest BCUT2D eigenvalue weighted by molar-refractivity contribution is 5.85. The summed E-state index contributed by atoms with van der Waals surface area (Å²) in [4.78, 5) is 2.31. The third-order valence-corrected chi connectivity index (χ3v) is 4.66. The zero-order valence-electron chi connectivity index (χ0n) is 11.5. The van der Waals surface area contributed by atoms with Crippen LogP contribution in [-0.4, -0.2) is 35.3 Å². The summed E-state index contributed by atoms with van der Waals surface area (Å²) in [5.74, 6) is 0.713. The molecule has 3 rings (SSSR count). The molecule has 0 radical (unpaired) electrons. The Morgan fingerprint density at radius 1 is 1.16 bits per heavy atom. The molecule has 1 aromatic carbocycles. The average molecular weight is 284 g/mol. The summed E-state index contributed by atoms with van der Waals surface area (Å²) in [6.45, 7) is 0. The smallest absolute Gasteiger partial charge is 0.160 e. The van der Waals surface area contributed by atoms with Crippen molar-refractivity contribution >= 4 is 12.4 Å². The van der Waals surface area contributed by atoms with Crippen molar-refractivity contribution in [1.82, 2.24) is 4.90 Å². The van der Waals surface area contributed by atoms with E-state index in [0.717, 1.165) is 31.2 Å². The summed E-state index contributed by atoms with van der Waals surface area (Å²) in [6.07, 6.45) is 5.37. The highest BCUT2D eigenvalue weighted by Crippen LogP contribution is 2.48. The van der Waals surface area contributed by atoms with Crippen molar-refractivity contribution in [3.63, 3.8) is 0 Å². The molecule has 0 aromatic heterocycles. The number of benzene rings is 1. The van der Waals surface area contributed by atoms with Gasteiger partial charge in [-0.1, -0.05) is 0 Å². The van der Waals surface area contributed by atoms with Gasteiger partial charge in [-0.2, -0.15) is 0 Å². The van der Waals surface area contributed by atoms with Gasteiger partial charge in [0.2, 0.25) is 0 Å². The maximum atomic E-state index is 10.1. The van der Waals surface area contributed by atoms with Crippen LogP contribution < -0.4 is 0 Å². The number of hydrogen-bond acceptors (Lipinski definition) is 3. The highest BCUT2D eigenvalue weighted by Gasteiger charge is 2.36. The van der Waals surface area contributed by atoms with Gasteiger partial charge < -0.3 is 15.1 Å². The molecule has 106 valence electrons. The Morgan fingerprint density at radius 2 is 1.89 bits per heavy atom. The van der Waals surface area contributed by atoms with E-state index in [-0.39, 0.29) is 23.9 Å². The molecule has 0 bridgehead atoms. The van der Waals surface area contributed by atoms with Crippen molar-refractivity contribution in [3.05, 3.63) is 22.8 Å². The molecule has 2 atom stereocenters. The van der Waals surface area contributed by atoms with E-state index in [2.05, 4.69) is 19.0 Å². The number of hydrogen-bond donors (Lipinski definition) is 2. The average Bonchev–Trinajstić information content (AvgIpc) is 2.35. The Bertz CT molecular complexity index is 488. The molecule has 0 amide bonds. The number of halogens is 1. The molecule has 2 unspecified atom stereocenters. The topological polar surface area (TPSA) is 43.7 Å². The number of nitrogens with zero attached hydrogens (tertiary/aromatic N) is 1. The van der Waals surface area contributed by atoms with Crippen LogP contribution in [0.25, 0.3) is 0 Å². The van der Waals surface area contributed by atoms with Crippen LogP contribution in [-0.2, 0) is 12.8 Å². The van der Waals surface area contributed by atoms with Crippen LogP contribution in [0.1, 0.15) is 41.9 Å². The number of aryl methyl sites for hydroxylation is 1. The quantitative estimate of drug-likeness (QED) is 0.779. The molecular formula is C15H22ClNO2. The molecule has 4 heteroatoms. The van der Waals surface area contributed by atoms with E-state index in [0.29, 0.717) is 12.0 Å². The molecule has 0 fully saturated rings. The summed E-state index contributed by atoms with van der Waals surface area (Å²) < 4.78 is 0. The summed E-state index contributed by atoms with van der Waals surface area (Å²) in [5, 5.41) is 19.9. The zero-order valence-corrected chi connectivity index (χ0v) is 12.3. The standard InChI is InChI=1S/C15H21NO2.ClH/c1-16(2)12-7-6-9-8-13(17)15(18)11-5-3-4-10(12)14(9)11;/h8,10,12,17-18H,3-7H2,1-2H3;1H. The second kappa shape index (κ2) is 5.22. The zero-order chi connectivity index (χ0) is 12.9. The molecule has 2 aliphatic carbocycles. The molecule has 2 aliphatic rings. The van der Waals surface area contributed by atoms with Crippen molar-refractivity contribution in [2.75, 3.05) is 14.1 Å². The predicted octanol–water partition coefficient (Wildman–Crippen LogP) is 2.82. The lowest BCUT2D eigenvalue weighted by atomic mass is 9.70. The number of aromatic hydroxyl groups is 2. The van der Waals surface area contributed by atoms with Crippen molar-refractivity contribution in [3.8, 4) is 11.5 Å². The number of phenolic OH excluding ortho intramolecular Hbond substituents is 2. The van der Waals surface area contributed by atoms with Gasteiger partial charge in [-0.05, 0) is 63.4 Å². The van der Waals surface area contributed by atoms with Gasteiger partial charge in [0, 0.05) is 17.5 Å². The Hall–Kier alpha value is -0.930. The minimum atomic E-state index is 0. The maximum Gasteiger partial charge on any atom is 0.160 e. The summed E-state index contributed by atoms with van der Waals surface area (Å²) in [6, 6.07) is 2.35. The van der Waals surface area contributed by atoms with E-state index in [4.69, 9.17) is 0 Å². The molecule has 0 spiro atoms. The molecule has 19 heavy (non-hydrogen) atoms. The van der Waals surface area contributed by atoms with Gasteiger partial charge >= 0.3 is 0 Å². The van der Waals surface area contributed by atoms with Gasteiger partial charge in [0.05, 0.1) is 0 Å². The van der Waals surface area contributed by atoms with Crippen LogP contribution >= 0.6 is 12.4 Å². The lowest BCUT2D eigenvalue weighted by Crippen LogP contribution is -2.39. The monoisotopic (exact) mass is 283 g/mol. The first-order valence-electron chi connectivity index (χ1n) is 6.82.